The summed E-state index contributed by atoms with van der Waals surface area (Å²) in [6.45, 7) is 0.0649. The first-order valence-electron chi connectivity index (χ1n) is 8.14. The van der Waals surface area contributed by atoms with Crippen molar-refractivity contribution in [2.24, 2.45) is 11.1 Å². The van der Waals surface area contributed by atoms with Crippen molar-refractivity contribution in [3.05, 3.63) is 62.5 Å². The molecular weight excluding hydrogens is 399 g/mol. The first kappa shape index (κ1) is 19.5. The number of hydrogen-bond acceptors (Lipinski definition) is 4. The summed E-state index contributed by atoms with van der Waals surface area (Å²) in [5.41, 5.74) is 6.31. The molecule has 0 bridgehead atoms. The van der Waals surface area contributed by atoms with Gasteiger partial charge in [-0.05, 0) is 24.6 Å². The van der Waals surface area contributed by atoms with Crippen molar-refractivity contribution in [3.8, 4) is 0 Å². The zero-order valence-electron chi connectivity index (χ0n) is 14.0. The van der Waals surface area contributed by atoms with Gasteiger partial charge in [0.25, 0.3) is 0 Å². The van der Waals surface area contributed by atoms with Crippen LogP contribution in [0.15, 0.2) is 35.5 Å². The number of nitrogens with zero attached hydrogens (tertiary/aromatic N) is 2. The van der Waals surface area contributed by atoms with Gasteiger partial charge in [0.1, 0.15) is 17.7 Å². The molecule has 0 spiro atoms. The van der Waals surface area contributed by atoms with Crippen molar-refractivity contribution in [1.29, 1.82) is 0 Å². The van der Waals surface area contributed by atoms with Gasteiger partial charge in [-0.3, -0.25) is 4.79 Å². The van der Waals surface area contributed by atoms with Gasteiger partial charge in [0, 0.05) is 36.2 Å². The fourth-order valence-corrected chi connectivity index (χ4v) is 4.03. The lowest BCUT2D eigenvalue weighted by atomic mass is 9.86. The van der Waals surface area contributed by atoms with Gasteiger partial charge in [0.05, 0.1) is 15.7 Å². The van der Waals surface area contributed by atoms with Gasteiger partial charge < -0.3 is 10.6 Å². The van der Waals surface area contributed by atoms with Crippen LogP contribution in [0.3, 0.4) is 0 Å². The molecule has 0 aromatic heterocycles. The summed E-state index contributed by atoms with van der Waals surface area (Å²) in [4.78, 5) is 25.3. The monoisotopic (exact) mass is 413 g/mol. The molecule has 1 aliphatic heterocycles. The minimum Gasteiger partial charge on any atom is -0.399 e. The lowest BCUT2D eigenvalue weighted by Crippen LogP contribution is -2.42. The molecule has 3 rings (SSSR count). The van der Waals surface area contributed by atoms with Crippen molar-refractivity contribution >= 4 is 40.5 Å². The standard InChI is InChI=1S/C18H15Cl2F2N3O2/c19-13-6-11(23)7-14(20)18(13)25-8-9(1-4-16(25)26)17(24-27)12-3-2-10(21)5-15(12)22/h2-3,5-7,9,17H,1,4,8,23H2. The van der Waals surface area contributed by atoms with Gasteiger partial charge in [-0.15, -0.1) is 0 Å². The molecule has 1 heterocycles. The fourth-order valence-electron chi connectivity index (χ4n) is 3.33. The van der Waals surface area contributed by atoms with E-state index in [1.54, 1.807) is 0 Å². The first-order valence-corrected chi connectivity index (χ1v) is 8.89. The first-order chi connectivity index (χ1) is 12.8. The number of carbonyl (C=O) groups is 1. The maximum atomic E-state index is 14.1. The Morgan fingerprint density at radius 3 is 2.44 bits per heavy atom. The highest BCUT2D eigenvalue weighted by atomic mass is 35.5. The average molecular weight is 414 g/mol. The van der Waals surface area contributed by atoms with E-state index in [1.807, 2.05) is 0 Å². The zero-order chi connectivity index (χ0) is 19.7. The molecule has 2 aromatic carbocycles. The highest BCUT2D eigenvalue weighted by Crippen LogP contribution is 2.41. The molecule has 2 unspecified atom stereocenters. The van der Waals surface area contributed by atoms with E-state index < -0.39 is 23.6 Å². The highest BCUT2D eigenvalue weighted by Gasteiger charge is 2.36. The smallest absolute Gasteiger partial charge is 0.227 e. The molecule has 0 aliphatic carbocycles. The second-order valence-corrected chi connectivity index (χ2v) is 7.17. The van der Waals surface area contributed by atoms with Gasteiger partial charge in [0.15, 0.2) is 0 Å². The number of nitrogens with two attached hydrogens (primary N) is 1. The van der Waals surface area contributed by atoms with Gasteiger partial charge in [-0.1, -0.05) is 34.4 Å². The van der Waals surface area contributed by atoms with Crippen molar-refractivity contribution in [3.63, 3.8) is 0 Å². The number of benzene rings is 2. The summed E-state index contributed by atoms with van der Waals surface area (Å²) < 4.78 is 27.3. The molecule has 27 heavy (non-hydrogen) atoms. The summed E-state index contributed by atoms with van der Waals surface area (Å²) in [7, 11) is 0. The molecule has 0 radical (unpaired) electrons. The SMILES string of the molecule is Nc1cc(Cl)c(N2CC(C(N=O)c3ccc(F)cc3F)CCC2=O)c(Cl)c1. The number of carbonyl (C=O) groups excluding carboxylic acids is 1. The summed E-state index contributed by atoms with van der Waals surface area (Å²) in [6, 6.07) is 4.82. The van der Waals surface area contributed by atoms with E-state index in [0.29, 0.717) is 18.2 Å². The molecule has 2 aromatic rings. The predicted molar refractivity (Wildman–Crippen MR) is 101 cm³/mol. The Balaban J connectivity index is 1.95. The van der Waals surface area contributed by atoms with Gasteiger partial charge in [0.2, 0.25) is 5.91 Å². The number of halogens is 4. The molecule has 1 aliphatic rings. The van der Waals surface area contributed by atoms with Crippen molar-refractivity contribution in [1.82, 2.24) is 0 Å². The molecule has 1 saturated heterocycles. The average Bonchev–Trinajstić information content (AvgIpc) is 2.58. The molecular formula is C18H15Cl2F2N3O2. The topological polar surface area (TPSA) is 75.8 Å². The number of amides is 1. The van der Waals surface area contributed by atoms with Gasteiger partial charge in [-0.25, -0.2) is 8.78 Å². The minimum atomic E-state index is -1.08. The maximum absolute atomic E-state index is 14.1. The van der Waals surface area contributed by atoms with Gasteiger partial charge >= 0.3 is 0 Å². The highest BCUT2D eigenvalue weighted by molar-refractivity contribution is 6.40. The number of piperidine rings is 1. The largest absolute Gasteiger partial charge is 0.399 e. The van der Waals surface area contributed by atoms with Crippen LogP contribution in [0.2, 0.25) is 10.0 Å². The van der Waals surface area contributed by atoms with Crippen LogP contribution in [0.1, 0.15) is 24.4 Å². The Labute approximate surface area is 164 Å². The zero-order valence-corrected chi connectivity index (χ0v) is 15.5. The molecule has 142 valence electrons. The number of nitroso groups, excluding NO2 is 1. The molecule has 1 amide bonds. The third-order valence-electron chi connectivity index (χ3n) is 4.60. The molecule has 2 N–H and O–H groups in total. The number of rotatable bonds is 4. The van der Waals surface area contributed by atoms with E-state index in [-0.39, 0.29) is 40.2 Å². The number of nitrogen functional groups attached to an aromatic ring is 1. The van der Waals surface area contributed by atoms with Crippen molar-refractivity contribution in [2.45, 2.75) is 18.9 Å². The van der Waals surface area contributed by atoms with Gasteiger partial charge in [-0.2, -0.15) is 4.91 Å². The molecule has 1 fully saturated rings. The number of anilines is 2. The van der Waals surface area contributed by atoms with E-state index >= 15 is 0 Å². The lowest BCUT2D eigenvalue weighted by Gasteiger charge is -2.35. The Hall–Kier alpha value is -2.25. The summed E-state index contributed by atoms with van der Waals surface area (Å²) in [6.07, 6.45) is 0.434. The van der Waals surface area contributed by atoms with Crippen LogP contribution in [0.5, 0.6) is 0 Å². The van der Waals surface area contributed by atoms with E-state index in [9.17, 15) is 18.5 Å². The van der Waals surface area contributed by atoms with Crippen LogP contribution < -0.4 is 10.6 Å². The van der Waals surface area contributed by atoms with Crippen LogP contribution in [0.4, 0.5) is 20.2 Å². The Morgan fingerprint density at radius 2 is 1.85 bits per heavy atom. The van der Waals surface area contributed by atoms with Crippen molar-refractivity contribution < 1.29 is 13.6 Å². The van der Waals surface area contributed by atoms with E-state index in [4.69, 9.17) is 28.9 Å². The summed E-state index contributed by atoms with van der Waals surface area (Å²) in [5, 5.41) is 3.43. The van der Waals surface area contributed by atoms with Crippen molar-refractivity contribution in [2.75, 3.05) is 17.2 Å². The van der Waals surface area contributed by atoms with Crippen LogP contribution in [-0.2, 0) is 4.79 Å². The van der Waals surface area contributed by atoms with E-state index in [0.717, 1.165) is 6.07 Å². The quantitative estimate of drug-likeness (QED) is 0.559. The Kier molecular flexibility index (Phi) is 5.62. The molecule has 0 saturated carbocycles. The normalized spacial score (nSPS) is 18.4. The third kappa shape index (κ3) is 3.89. The summed E-state index contributed by atoms with van der Waals surface area (Å²) >= 11 is 12.4. The number of hydrogen-bond donors (Lipinski definition) is 1. The Bertz CT molecular complexity index is 887. The fraction of sp³-hybridized carbons (Fsp3) is 0.278. The summed E-state index contributed by atoms with van der Waals surface area (Å²) in [5.74, 6) is -2.32. The minimum absolute atomic E-state index is 0.0137. The second-order valence-electron chi connectivity index (χ2n) is 6.35. The molecule has 2 atom stereocenters. The lowest BCUT2D eigenvalue weighted by molar-refractivity contribution is -0.120. The Morgan fingerprint density at radius 1 is 1.19 bits per heavy atom. The van der Waals surface area contributed by atoms with E-state index in [1.165, 1.54) is 23.1 Å². The third-order valence-corrected chi connectivity index (χ3v) is 5.17. The second kappa shape index (κ2) is 7.78. The van der Waals surface area contributed by atoms with Crippen LogP contribution >= 0.6 is 23.2 Å². The van der Waals surface area contributed by atoms with Crippen LogP contribution in [0.25, 0.3) is 0 Å². The molecule has 9 heteroatoms. The van der Waals surface area contributed by atoms with E-state index in [2.05, 4.69) is 5.18 Å². The maximum Gasteiger partial charge on any atom is 0.227 e. The van der Waals surface area contributed by atoms with Crippen LogP contribution in [-0.4, -0.2) is 12.5 Å². The predicted octanol–water partition coefficient (Wildman–Crippen LogP) is 5.10. The van der Waals surface area contributed by atoms with Crippen LogP contribution in [0, 0.1) is 22.5 Å². The molecule has 5 nitrogen and oxygen atoms in total.